The zero-order valence-corrected chi connectivity index (χ0v) is 11.1. The highest BCUT2D eigenvalue weighted by Crippen LogP contribution is 2.11. The van der Waals surface area contributed by atoms with E-state index >= 15 is 0 Å². The molecule has 0 unspecified atom stereocenters. The molecule has 1 aromatic rings. The maximum absolute atomic E-state index is 9.02. The van der Waals surface area contributed by atoms with Gasteiger partial charge in [0, 0.05) is 18.5 Å². The molecule has 0 saturated carbocycles. The Balaban J connectivity index is 2.37. The van der Waals surface area contributed by atoms with Crippen LogP contribution in [-0.4, -0.2) is 34.7 Å². The van der Waals surface area contributed by atoms with E-state index in [1.165, 1.54) is 19.3 Å². The van der Waals surface area contributed by atoms with E-state index in [9.17, 15) is 0 Å². The predicted molar refractivity (Wildman–Crippen MR) is 68.7 cm³/mol. The van der Waals surface area contributed by atoms with E-state index in [-0.39, 0.29) is 6.61 Å². The molecule has 0 bridgehead atoms. The molecule has 1 rings (SSSR count). The number of rotatable bonds is 8. The average molecular weight is 242 g/mol. The summed E-state index contributed by atoms with van der Waals surface area (Å²) in [6, 6.07) is 0. The number of thiazole rings is 1. The fraction of sp³-hybridized carbons (Fsp3) is 0.750. The van der Waals surface area contributed by atoms with Crippen LogP contribution in [0.4, 0.5) is 0 Å². The molecule has 92 valence electrons. The summed E-state index contributed by atoms with van der Waals surface area (Å²) in [6.07, 6.45) is 3.71. The van der Waals surface area contributed by atoms with Gasteiger partial charge in [-0.15, -0.1) is 11.3 Å². The number of aromatic nitrogens is 1. The van der Waals surface area contributed by atoms with Crippen LogP contribution >= 0.6 is 11.3 Å². The predicted octanol–water partition coefficient (Wildman–Crippen LogP) is 2.44. The molecule has 0 amide bonds. The molecule has 1 heterocycles. The molecule has 16 heavy (non-hydrogen) atoms. The zero-order chi connectivity index (χ0) is 11.8. The summed E-state index contributed by atoms with van der Waals surface area (Å²) in [7, 11) is 0. The number of aryl methyl sites for hydroxylation is 1. The molecular formula is C12H22N2OS. The molecule has 1 aromatic heterocycles. The van der Waals surface area contributed by atoms with Gasteiger partial charge in [0.05, 0.1) is 17.3 Å². The molecule has 0 radical (unpaired) electrons. The number of hydrogen-bond acceptors (Lipinski definition) is 4. The average Bonchev–Trinajstić information content (AvgIpc) is 2.65. The molecule has 4 heteroatoms. The lowest BCUT2D eigenvalue weighted by molar-refractivity contribution is 0.186. The van der Waals surface area contributed by atoms with Crippen molar-refractivity contribution < 1.29 is 5.11 Å². The van der Waals surface area contributed by atoms with E-state index < -0.39 is 0 Å². The van der Waals surface area contributed by atoms with Crippen LogP contribution in [-0.2, 0) is 6.54 Å². The summed E-state index contributed by atoms with van der Waals surface area (Å²) in [6.45, 7) is 7.15. The van der Waals surface area contributed by atoms with Crippen molar-refractivity contribution in [2.45, 2.75) is 39.7 Å². The second kappa shape index (κ2) is 7.76. The third-order valence-electron chi connectivity index (χ3n) is 2.55. The Bertz CT molecular complexity index is 288. The van der Waals surface area contributed by atoms with Crippen molar-refractivity contribution in [3.63, 3.8) is 0 Å². The van der Waals surface area contributed by atoms with Crippen molar-refractivity contribution in [2.75, 3.05) is 19.7 Å². The zero-order valence-electron chi connectivity index (χ0n) is 10.3. The lowest BCUT2D eigenvalue weighted by atomic mass is 10.2. The second-order valence-electron chi connectivity index (χ2n) is 4.06. The maximum atomic E-state index is 9.02. The molecule has 0 aliphatic carbocycles. The van der Waals surface area contributed by atoms with Gasteiger partial charge in [0.1, 0.15) is 0 Å². The fourth-order valence-corrected chi connectivity index (χ4v) is 2.31. The number of hydrogen-bond donors (Lipinski definition) is 1. The number of unbranched alkanes of at least 4 members (excludes halogenated alkanes) is 2. The van der Waals surface area contributed by atoms with Gasteiger partial charge >= 0.3 is 0 Å². The van der Waals surface area contributed by atoms with Crippen LogP contribution in [0.15, 0.2) is 5.38 Å². The van der Waals surface area contributed by atoms with Crippen molar-refractivity contribution in [1.82, 2.24) is 9.88 Å². The Hall–Kier alpha value is -0.450. The van der Waals surface area contributed by atoms with E-state index in [0.29, 0.717) is 0 Å². The molecule has 0 aliphatic heterocycles. The van der Waals surface area contributed by atoms with E-state index in [4.69, 9.17) is 5.11 Å². The van der Waals surface area contributed by atoms with Gasteiger partial charge in [-0.25, -0.2) is 4.98 Å². The summed E-state index contributed by atoms with van der Waals surface area (Å²) >= 11 is 1.69. The normalized spacial score (nSPS) is 11.2. The summed E-state index contributed by atoms with van der Waals surface area (Å²) in [4.78, 5) is 6.74. The van der Waals surface area contributed by atoms with Crippen LogP contribution in [0.25, 0.3) is 0 Å². The number of aliphatic hydroxyl groups is 1. The SMILES string of the molecule is CCCCCN(CCO)Cc1csc(C)n1. The lowest BCUT2D eigenvalue weighted by Gasteiger charge is -2.19. The Kier molecular flexibility index (Phi) is 6.61. The van der Waals surface area contributed by atoms with Crippen molar-refractivity contribution in [3.05, 3.63) is 16.1 Å². The van der Waals surface area contributed by atoms with E-state index in [2.05, 4.69) is 22.2 Å². The summed E-state index contributed by atoms with van der Waals surface area (Å²) in [5.74, 6) is 0. The van der Waals surface area contributed by atoms with Gasteiger partial charge in [-0.1, -0.05) is 19.8 Å². The van der Waals surface area contributed by atoms with Gasteiger partial charge in [0.15, 0.2) is 0 Å². The van der Waals surface area contributed by atoms with Crippen LogP contribution in [0.5, 0.6) is 0 Å². The minimum atomic E-state index is 0.231. The topological polar surface area (TPSA) is 36.4 Å². The molecule has 0 fully saturated rings. The maximum Gasteiger partial charge on any atom is 0.0897 e. The number of nitrogens with zero attached hydrogens (tertiary/aromatic N) is 2. The monoisotopic (exact) mass is 242 g/mol. The van der Waals surface area contributed by atoms with Crippen LogP contribution in [0.1, 0.15) is 36.9 Å². The smallest absolute Gasteiger partial charge is 0.0897 e. The van der Waals surface area contributed by atoms with Crippen LogP contribution in [0, 0.1) is 6.92 Å². The first-order valence-electron chi connectivity index (χ1n) is 6.00. The second-order valence-corrected chi connectivity index (χ2v) is 5.13. The first kappa shape index (κ1) is 13.6. The Morgan fingerprint density at radius 3 is 2.75 bits per heavy atom. The molecule has 0 saturated heterocycles. The molecule has 0 atom stereocenters. The van der Waals surface area contributed by atoms with E-state index in [1.807, 2.05) is 6.92 Å². The van der Waals surface area contributed by atoms with Crippen LogP contribution in [0.2, 0.25) is 0 Å². The Morgan fingerprint density at radius 1 is 1.38 bits per heavy atom. The quantitative estimate of drug-likeness (QED) is 0.711. The lowest BCUT2D eigenvalue weighted by Crippen LogP contribution is -2.27. The molecule has 3 nitrogen and oxygen atoms in total. The fourth-order valence-electron chi connectivity index (χ4n) is 1.71. The van der Waals surface area contributed by atoms with Gasteiger partial charge in [-0.05, 0) is 19.9 Å². The highest BCUT2D eigenvalue weighted by atomic mass is 32.1. The van der Waals surface area contributed by atoms with Gasteiger partial charge < -0.3 is 5.11 Å². The van der Waals surface area contributed by atoms with Crippen molar-refractivity contribution in [3.8, 4) is 0 Å². The molecule has 0 aliphatic rings. The Morgan fingerprint density at radius 2 is 2.19 bits per heavy atom. The highest BCUT2D eigenvalue weighted by Gasteiger charge is 2.07. The highest BCUT2D eigenvalue weighted by molar-refractivity contribution is 7.09. The first-order valence-corrected chi connectivity index (χ1v) is 6.88. The van der Waals surface area contributed by atoms with Crippen LogP contribution in [0.3, 0.4) is 0 Å². The van der Waals surface area contributed by atoms with Crippen LogP contribution < -0.4 is 0 Å². The van der Waals surface area contributed by atoms with Gasteiger partial charge in [0.25, 0.3) is 0 Å². The largest absolute Gasteiger partial charge is 0.395 e. The molecule has 0 spiro atoms. The van der Waals surface area contributed by atoms with Gasteiger partial charge in [-0.2, -0.15) is 0 Å². The number of aliphatic hydroxyl groups excluding tert-OH is 1. The van der Waals surface area contributed by atoms with E-state index in [1.54, 1.807) is 11.3 Å². The molecule has 1 N–H and O–H groups in total. The summed E-state index contributed by atoms with van der Waals surface area (Å²) < 4.78 is 0. The van der Waals surface area contributed by atoms with Crippen molar-refractivity contribution >= 4 is 11.3 Å². The standard InChI is InChI=1S/C12H22N2OS/c1-3-4-5-6-14(7-8-15)9-12-10-16-11(2)13-12/h10,15H,3-9H2,1-2H3. The first-order chi connectivity index (χ1) is 7.76. The third-order valence-corrected chi connectivity index (χ3v) is 3.37. The Labute approximate surface area is 102 Å². The minimum absolute atomic E-state index is 0.231. The van der Waals surface area contributed by atoms with Gasteiger partial charge in [-0.3, -0.25) is 4.90 Å². The summed E-state index contributed by atoms with van der Waals surface area (Å²) in [5, 5.41) is 12.2. The van der Waals surface area contributed by atoms with Crippen molar-refractivity contribution in [2.24, 2.45) is 0 Å². The molecule has 0 aromatic carbocycles. The van der Waals surface area contributed by atoms with E-state index in [0.717, 1.165) is 30.3 Å². The van der Waals surface area contributed by atoms with Gasteiger partial charge in [0.2, 0.25) is 0 Å². The summed E-state index contributed by atoms with van der Waals surface area (Å²) in [5.41, 5.74) is 1.13. The minimum Gasteiger partial charge on any atom is -0.395 e. The molecular weight excluding hydrogens is 220 g/mol. The third kappa shape index (κ3) is 5.05. The van der Waals surface area contributed by atoms with Crippen molar-refractivity contribution in [1.29, 1.82) is 0 Å².